The Morgan fingerprint density at radius 3 is 2.65 bits per heavy atom. The van der Waals surface area contributed by atoms with Crippen LogP contribution in [0.1, 0.15) is 37.8 Å². The lowest BCUT2D eigenvalue weighted by Crippen LogP contribution is -2.37. The van der Waals surface area contributed by atoms with Crippen LogP contribution >= 0.6 is 0 Å². The fourth-order valence-corrected chi connectivity index (χ4v) is 2.17. The van der Waals surface area contributed by atoms with Gasteiger partial charge in [0, 0.05) is 6.04 Å². The Labute approximate surface area is 121 Å². The highest BCUT2D eigenvalue weighted by atomic mass is 16.5. The highest BCUT2D eigenvalue weighted by Gasteiger charge is 2.11. The third kappa shape index (κ3) is 4.85. The number of nitrogens with two attached hydrogens (primary N) is 1. The first-order valence-corrected chi connectivity index (χ1v) is 7.33. The summed E-state index contributed by atoms with van der Waals surface area (Å²) in [6.07, 6.45) is 2.63. The van der Waals surface area contributed by atoms with Gasteiger partial charge in [0.05, 0.1) is 0 Å². The van der Waals surface area contributed by atoms with Crippen molar-refractivity contribution in [1.29, 1.82) is 0 Å². The van der Waals surface area contributed by atoms with Crippen molar-refractivity contribution in [2.45, 2.75) is 46.1 Å². The van der Waals surface area contributed by atoms with Gasteiger partial charge in [0.2, 0.25) is 0 Å². The van der Waals surface area contributed by atoms with E-state index in [1.165, 1.54) is 0 Å². The molecule has 0 fully saturated rings. The Bertz CT molecular complexity index is 428. The van der Waals surface area contributed by atoms with Crippen molar-refractivity contribution >= 4 is 5.91 Å². The zero-order valence-corrected chi connectivity index (χ0v) is 12.7. The summed E-state index contributed by atoms with van der Waals surface area (Å²) in [5.74, 6) is 0.721. The van der Waals surface area contributed by atoms with Crippen molar-refractivity contribution in [3.63, 3.8) is 0 Å². The molecule has 1 amide bonds. The molecule has 0 atom stereocenters. The van der Waals surface area contributed by atoms with E-state index in [4.69, 9.17) is 10.5 Å². The van der Waals surface area contributed by atoms with Gasteiger partial charge in [0.1, 0.15) is 5.75 Å². The quantitative estimate of drug-likeness (QED) is 0.766. The zero-order valence-electron chi connectivity index (χ0n) is 12.7. The van der Waals surface area contributed by atoms with Crippen LogP contribution in [0.15, 0.2) is 18.2 Å². The molecular formula is C16H26N2O2. The van der Waals surface area contributed by atoms with E-state index < -0.39 is 0 Å². The molecule has 4 heteroatoms. The Morgan fingerprint density at radius 2 is 2.05 bits per heavy atom. The smallest absolute Gasteiger partial charge is 0.258 e. The van der Waals surface area contributed by atoms with Gasteiger partial charge in [-0.3, -0.25) is 4.79 Å². The third-order valence-electron chi connectivity index (χ3n) is 3.41. The van der Waals surface area contributed by atoms with E-state index in [2.05, 4.69) is 19.2 Å². The molecule has 0 aliphatic heterocycles. The summed E-state index contributed by atoms with van der Waals surface area (Å²) >= 11 is 0. The van der Waals surface area contributed by atoms with E-state index in [1.807, 2.05) is 25.1 Å². The maximum atomic E-state index is 11.9. The van der Waals surface area contributed by atoms with Gasteiger partial charge in [-0.15, -0.1) is 0 Å². The molecule has 4 nitrogen and oxygen atoms in total. The van der Waals surface area contributed by atoms with E-state index in [-0.39, 0.29) is 18.6 Å². The summed E-state index contributed by atoms with van der Waals surface area (Å²) in [5, 5.41) is 2.97. The number of hydrogen-bond donors (Lipinski definition) is 2. The van der Waals surface area contributed by atoms with Crippen LogP contribution in [0.5, 0.6) is 5.75 Å². The lowest BCUT2D eigenvalue weighted by molar-refractivity contribution is -0.123. The van der Waals surface area contributed by atoms with Gasteiger partial charge in [-0.05, 0) is 43.9 Å². The molecule has 112 valence electrons. The standard InChI is InChI=1S/C16H26N2O2/c1-4-14(5-2)18-15(19)11-20-16-12(3)7-6-8-13(16)9-10-17/h6-8,14H,4-5,9-11,17H2,1-3H3,(H,18,19). The van der Waals surface area contributed by atoms with E-state index in [9.17, 15) is 4.79 Å². The van der Waals surface area contributed by atoms with Gasteiger partial charge >= 0.3 is 0 Å². The van der Waals surface area contributed by atoms with Crippen molar-refractivity contribution in [3.8, 4) is 5.75 Å². The van der Waals surface area contributed by atoms with E-state index in [0.717, 1.165) is 36.1 Å². The van der Waals surface area contributed by atoms with Gasteiger partial charge < -0.3 is 15.8 Å². The topological polar surface area (TPSA) is 64.3 Å². The molecule has 0 saturated carbocycles. The van der Waals surface area contributed by atoms with Crippen LogP contribution in [0.3, 0.4) is 0 Å². The number of carbonyl (C=O) groups is 1. The van der Waals surface area contributed by atoms with Crippen molar-refractivity contribution in [2.75, 3.05) is 13.2 Å². The second-order valence-electron chi connectivity index (χ2n) is 4.97. The molecule has 0 heterocycles. The van der Waals surface area contributed by atoms with Gasteiger partial charge in [-0.2, -0.15) is 0 Å². The van der Waals surface area contributed by atoms with Crippen molar-refractivity contribution in [3.05, 3.63) is 29.3 Å². The number of carbonyl (C=O) groups excluding carboxylic acids is 1. The average molecular weight is 278 g/mol. The van der Waals surface area contributed by atoms with E-state index >= 15 is 0 Å². The number of rotatable bonds is 8. The molecular weight excluding hydrogens is 252 g/mol. The minimum atomic E-state index is -0.0688. The number of para-hydroxylation sites is 1. The van der Waals surface area contributed by atoms with Crippen LogP contribution < -0.4 is 15.8 Å². The first kappa shape index (κ1) is 16.5. The number of benzene rings is 1. The van der Waals surface area contributed by atoms with Crippen LogP contribution in [0.25, 0.3) is 0 Å². The van der Waals surface area contributed by atoms with Gasteiger partial charge in [-0.1, -0.05) is 32.0 Å². The van der Waals surface area contributed by atoms with Crippen LogP contribution in [-0.2, 0) is 11.2 Å². The second kappa shape index (κ2) is 8.59. The molecule has 20 heavy (non-hydrogen) atoms. The lowest BCUT2D eigenvalue weighted by Gasteiger charge is -2.17. The summed E-state index contributed by atoms with van der Waals surface area (Å²) in [6, 6.07) is 6.19. The second-order valence-corrected chi connectivity index (χ2v) is 4.97. The fraction of sp³-hybridized carbons (Fsp3) is 0.562. The molecule has 1 rings (SSSR count). The Morgan fingerprint density at radius 1 is 1.35 bits per heavy atom. The van der Waals surface area contributed by atoms with Crippen LogP contribution in [0.4, 0.5) is 0 Å². The molecule has 1 aromatic carbocycles. The normalized spacial score (nSPS) is 10.7. The minimum absolute atomic E-state index is 0.0545. The Balaban J connectivity index is 2.63. The highest BCUT2D eigenvalue weighted by molar-refractivity contribution is 5.77. The predicted molar refractivity (Wildman–Crippen MR) is 81.9 cm³/mol. The first-order chi connectivity index (χ1) is 9.62. The van der Waals surface area contributed by atoms with Crippen molar-refractivity contribution in [1.82, 2.24) is 5.32 Å². The maximum absolute atomic E-state index is 11.9. The number of amides is 1. The summed E-state index contributed by atoms with van der Waals surface area (Å²) in [5.41, 5.74) is 7.69. The van der Waals surface area contributed by atoms with Crippen LogP contribution in [0, 0.1) is 6.92 Å². The zero-order chi connectivity index (χ0) is 15.0. The number of hydrogen-bond acceptors (Lipinski definition) is 3. The SMILES string of the molecule is CCC(CC)NC(=O)COc1c(C)cccc1CCN. The third-order valence-corrected chi connectivity index (χ3v) is 3.41. The molecule has 3 N–H and O–H groups in total. The van der Waals surface area contributed by atoms with Gasteiger partial charge in [0.25, 0.3) is 5.91 Å². The van der Waals surface area contributed by atoms with E-state index in [0.29, 0.717) is 6.54 Å². The average Bonchev–Trinajstić information content (AvgIpc) is 2.44. The monoisotopic (exact) mass is 278 g/mol. The molecule has 0 unspecified atom stereocenters. The predicted octanol–water partition coefficient (Wildman–Crippen LogP) is 2.18. The fourth-order valence-electron chi connectivity index (χ4n) is 2.17. The molecule has 1 aromatic rings. The van der Waals surface area contributed by atoms with Gasteiger partial charge in [-0.25, -0.2) is 0 Å². The summed E-state index contributed by atoms with van der Waals surface area (Å²) in [4.78, 5) is 11.9. The summed E-state index contributed by atoms with van der Waals surface area (Å²) in [7, 11) is 0. The molecule has 0 spiro atoms. The molecule has 0 aliphatic carbocycles. The summed E-state index contributed by atoms with van der Waals surface area (Å²) in [6.45, 7) is 6.73. The number of ether oxygens (including phenoxy) is 1. The lowest BCUT2D eigenvalue weighted by atomic mass is 10.1. The van der Waals surface area contributed by atoms with Crippen molar-refractivity contribution in [2.24, 2.45) is 5.73 Å². The molecule has 0 aliphatic rings. The highest BCUT2D eigenvalue weighted by Crippen LogP contribution is 2.23. The summed E-state index contributed by atoms with van der Waals surface area (Å²) < 4.78 is 5.70. The number of aryl methyl sites for hydroxylation is 1. The Kier molecular flexibility index (Phi) is 7.09. The number of nitrogens with one attached hydrogen (secondary N) is 1. The minimum Gasteiger partial charge on any atom is -0.483 e. The van der Waals surface area contributed by atoms with Crippen molar-refractivity contribution < 1.29 is 9.53 Å². The Hall–Kier alpha value is -1.55. The van der Waals surface area contributed by atoms with E-state index in [1.54, 1.807) is 0 Å². The van der Waals surface area contributed by atoms with Gasteiger partial charge in [0.15, 0.2) is 6.61 Å². The molecule has 0 radical (unpaired) electrons. The first-order valence-electron chi connectivity index (χ1n) is 7.33. The molecule has 0 bridgehead atoms. The van der Waals surface area contributed by atoms with Crippen LogP contribution in [0.2, 0.25) is 0 Å². The van der Waals surface area contributed by atoms with Crippen LogP contribution in [-0.4, -0.2) is 25.1 Å². The maximum Gasteiger partial charge on any atom is 0.258 e. The molecule has 0 aromatic heterocycles. The largest absolute Gasteiger partial charge is 0.483 e. The molecule has 0 saturated heterocycles.